The van der Waals surface area contributed by atoms with Crippen molar-refractivity contribution >= 4 is 59.3 Å². The summed E-state index contributed by atoms with van der Waals surface area (Å²) in [6.45, 7) is 0. The monoisotopic (exact) mass is 292 g/mol. The van der Waals surface area contributed by atoms with Crippen LogP contribution in [0.15, 0.2) is 0 Å². The number of halogens is 1. The van der Waals surface area contributed by atoms with Gasteiger partial charge in [0.25, 0.3) is 0 Å². The van der Waals surface area contributed by atoms with Gasteiger partial charge in [0.2, 0.25) is 0 Å². The van der Waals surface area contributed by atoms with Crippen molar-refractivity contribution in [3.05, 3.63) is 0 Å². The van der Waals surface area contributed by atoms with E-state index in [4.69, 9.17) is 17.5 Å². The van der Waals surface area contributed by atoms with E-state index in [2.05, 4.69) is 0 Å². The average molecular weight is 292 g/mol. The summed E-state index contributed by atoms with van der Waals surface area (Å²) in [7, 11) is -5.17. The van der Waals surface area contributed by atoms with Gasteiger partial charge in [0.1, 0.15) is 0 Å². The van der Waals surface area contributed by atoms with Gasteiger partial charge in [-0.05, 0) is 0 Å². The molecule has 0 unspecified atom stereocenters. The van der Waals surface area contributed by atoms with Crippen molar-refractivity contribution in [3.8, 4) is 0 Å². The zero-order chi connectivity index (χ0) is 4.50. The molecule has 0 aromatic carbocycles. The van der Waals surface area contributed by atoms with Crippen molar-refractivity contribution in [2.45, 2.75) is 0 Å². The standard InChI is InChI=1S/Ba.ClH.Na.H2O4S/c;;;1-5(2,3)4/h;1H;;(H2,1,2,3,4)/q+2;;+1;/p-3. The molecule has 0 atom stereocenters. The van der Waals surface area contributed by atoms with Crippen LogP contribution in [0.1, 0.15) is 0 Å². The summed E-state index contributed by atoms with van der Waals surface area (Å²) in [6.07, 6.45) is 0. The van der Waals surface area contributed by atoms with E-state index in [0.29, 0.717) is 0 Å². The molecule has 0 bridgehead atoms. The molecule has 0 amide bonds. The van der Waals surface area contributed by atoms with Crippen LogP contribution in [0.2, 0.25) is 0 Å². The van der Waals surface area contributed by atoms with E-state index in [1.165, 1.54) is 0 Å². The molecule has 0 N–H and O–H groups in total. The van der Waals surface area contributed by atoms with Crippen LogP contribution in [0.4, 0.5) is 0 Å². The zero-order valence-corrected chi connectivity index (χ0v) is 12.1. The summed E-state index contributed by atoms with van der Waals surface area (Å²) < 4.78 is 34.1. The van der Waals surface area contributed by atoms with E-state index in [-0.39, 0.29) is 90.8 Å². The third-order valence-electron chi connectivity index (χ3n) is 0. The molecule has 0 aromatic heterocycles. The average Bonchev–Trinajstić information content (AvgIpc) is 0.722. The van der Waals surface area contributed by atoms with Gasteiger partial charge in [-0.1, -0.05) is 0 Å². The summed E-state index contributed by atoms with van der Waals surface area (Å²) in [5, 5.41) is 0. The Morgan fingerprint density at radius 2 is 1.12 bits per heavy atom. The summed E-state index contributed by atoms with van der Waals surface area (Å²) in [4.78, 5) is 0. The van der Waals surface area contributed by atoms with Crippen LogP contribution in [0.5, 0.6) is 0 Å². The van der Waals surface area contributed by atoms with Crippen LogP contribution in [-0.4, -0.2) is 66.4 Å². The molecule has 0 heterocycles. The fraction of sp³-hybridized carbons (Fsp3) is 0. The maximum Gasteiger partial charge on any atom is 2.00 e. The second-order valence-electron chi connectivity index (χ2n) is 0.408. The molecule has 0 spiro atoms. The summed E-state index contributed by atoms with van der Waals surface area (Å²) in [5.41, 5.74) is 0. The molecule has 0 rings (SSSR count). The first-order valence-corrected chi connectivity index (χ1v) is 2.00. The Balaban J connectivity index is -0.0000000267. The first kappa shape index (κ1) is 22.4. The topological polar surface area (TPSA) is 80.3 Å². The molecule has 8 heteroatoms. The number of rotatable bonds is 0. The zero-order valence-electron chi connectivity index (χ0n) is 4.13. The Kier molecular flexibility index (Phi) is 27.3. The van der Waals surface area contributed by atoms with Gasteiger partial charge in [0.15, 0.2) is 0 Å². The Hall–Kier alpha value is 2.73. The second kappa shape index (κ2) is 9.73. The Morgan fingerprint density at radius 3 is 1.12 bits per heavy atom. The minimum atomic E-state index is -5.17. The molecular weight excluding hydrogens is 292 g/mol. The third kappa shape index (κ3) is 70.0. The van der Waals surface area contributed by atoms with Crippen molar-refractivity contribution < 1.29 is 59.5 Å². The smallest absolute Gasteiger partial charge is 1.00 e. The summed E-state index contributed by atoms with van der Waals surface area (Å²) >= 11 is 0. The van der Waals surface area contributed by atoms with Gasteiger partial charge in [-0.3, -0.25) is 8.42 Å². The van der Waals surface area contributed by atoms with Gasteiger partial charge in [-0.2, -0.15) is 0 Å². The van der Waals surface area contributed by atoms with Crippen LogP contribution in [0.3, 0.4) is 0 Å². The third-order valence-corrected chi connectivity index (χ3v) is 0. The maximum absolute atomic E-state index is 8.52. The van der Waals surface area contributed by atoms with E-state index in [1.807, 2.05) is 0 Å². The van der Waals surface area contributed by atoms with E-state index in [1.54, 1.807) is 0 Å². The van der Waals surface area contributed by atoms with E-state index in [0.717, 1.165) is 0 Å². The Labute approximate surface area is 116 Å². The molecule has 8 heavy (non-hydrogen) atoms. The normalized spacial score (nSPS) is 7.25. The predicted molar refractivity (Wildman–Crippen MR) is 16.2 cm³/mol. The van der Waals surface area contributed by atoms with E-state index >= 15 is 0 Å². The maximum atomic E-state index is 8.52. The van der Waals surface area contributed by atoms with Crippen molar-refractivity contribution in [2.75, 3.05) is 0 Å². The summed E-state index contributed by atoms with van der Waals surface area (Å²) in [6, 6.07) is 0. The van der Waals surface area contributed by atoms with Crippen LogP contribution in [0, 0.1) is 0 Å². The van der Waals surface area contributed by atoms with Crippen molar-refractivity contribution in [1.29, 1.82) is 0 Å². The van der Waals surface area contributed by atoms with Gasteiger partial charge in [0, 0.05) is 10.4 Å². The predicted octanol–water partition coefficient (Wildman–Crippen LogP) is -7.71. The fourth-order valence-corrected chi connectivity index (χ4v) is 0. The molecule has 0 aliphatic carbocycles. The molecular formula is BaClNaO4S. The van der Waals surface area contributed by atoms with E-state index < -0.39 is 10.4 Å². The largest absolute Gasteiger partial charge is 2.00 e. The number of hydrogen-bond donors (Lipinski definition) is 0. The molecule has 0 radical (unpaired) electrons. The van der Waals surface area contributed by atoms with Gasteiger partial charge in [-0.25, -0.2) is 0 Å². The quantitative estimate of drug-likeness (QED) is 0.252. The Morgan fingerprint density at radius 1 is 1.12 bits per heavy atom. The SMILES string of the molecule is O=S(=O)([O-])[O-].[Ba+2].[Cl-].[Na+]. The molecule has 40 valence electrons. The first-order chi connectivity index (χ1) is 2.00. The van der Waals surface area contributed by atoms with Crippen LogP contribution in [0.25, 0.3) is 0 Å². The van der Waals surface area contributed by atoms with E-state index in [9.17, 15) is 0 Å². The minimum Gasteiger partial charge on any atom is -1.00 e. The molecule has 0 aliphatic rings. The fourth-order valence-electron chi connectivity index (χ4n) is 0. The minimum absolute atomic E-state index is 0. The molecule has 0 aromatic rings. The van der Waals surface area contributed by atoms with Gasteiger partial charge < -0.3 is 21.5 Å². The molecule has 0 saturated heterocycles. The second-order valence-corrected chi connectivity index (χ2v) is 1.22. The number of hydrogen-bond acceptors (Lipinski definition) is 4. The van der Waals surface area contributed by atoms with Gasteiger partial charge >= 0.3 is 78.4 Å². The molecule has 4 nitrogen and oxygen atoms in total. The van der Waals surface area contributed by atoms with Crippen LogP contribution in [-0.2, 0) is 10.4 Å². The van der Waals surface area contributed by atoms with Gasteiger partial charge in [-0.15, -0.1) is 0 Å². The Bertz CT molecular complexity index is 99.2. The van der Waals surface area contributed by atoms with Crippen LogP contribution < -0.4 is 42.0 Å². The molecule has 0 fully saturated rings. The molecule has 0 aliphatic heterocycles. The first-order valence-electron chi connectivity index (χ1n) is 0.667. The van der Waals surface area contributed by atoms with Gasteiger partial charge in [0.05, 0.1) is 0 Å². The van der Waals surface area contributed by atoms with Crippen molar-refractivity contribution in [1.82, 2.24) is 0 Å². The molecule has 0 saturated carbocycles. The summed E-state index contributed by atoms with van der Waals surface area (Å²) in [5.74, 6) is 0. The van der Waals surface area contributed by atoms with Crippen molar-refractivity contribution in [3.63, 3.8) is 0 Å². The van der Waals surface area contributed by atoms with Crippen molar-refractivity contribution in [2.24, 2.45) is 0 Å². The van der Waals surface area contributed by atoms with Crippen LogP contribution >= 0.6 is 0 Å².